The van der Waals surface area contributed by atoms with E-state index in [9.17, 15) is 18.0 Å². The van der Waals surface area contributed by atoms with Crippen molar-refractivity contribution in [1.29, 1.82) is 0 Å². The van der Waals surface area contributed by atoms with Crippen LogP contribution in [0.3, 0.4) is 0 Å². The van der Waals surface area contributed by atoms with E-state index in [0.29, 0.717) is 23.9 Å². The number of nitrogens with one attached hydrogen (secondary N) is 1. The van der Waals surface area contributed by atoms with Crippen LogP contribution >= 0.6 is 0 Å². The summed E-state index contributed by atoms with van der Waals surface area (Å²) in [7, 11) is 0. The van der Waals surface area contributed by atoms with Gasteiger partial charge < -0.3 is 5.32 Å². The van der Waals surface area contributed by atoms with Crippen LogP contribution in [0.1, 0.15) is 69.2 Å². The highest BCUT2D eigenvalue weighted by Crippen LogP contribution is 2.32. The average molecular weight is 438 g/mol. The molecule has 9 heteroatoms. The normalized spacial score (nSPS) is 22.5. The number of amides is 1. The van der Waals surface area contributed by atoms with Gasteiger partial charge in [0, 0.05) is 25.2 Å². The van der Waals surface area contributed by atoms with Gasteiger partial charge in [0.25, 0.3) is 0 Å². The zero-order valence-corrected chi connectivity index (χ0v) is 17.9. The van der Waals surface area contributed by atoms with Crippen LogP contribution in [0.4, 0.5) is 13.2 Å². The maximum absolute atomic E-state index is 13.2. The summed E-state index contributed by atoms with van der Waals surface area (Å²) in [6.07, 6.45) is 4.46. The Balaban J connectivity index is 1.42. The van der Waals surface area contributed by atoms with E-state index in [2.05, 4.69) is 20.4 Å². The maximum Gasteiger partial charge on any atom is 0.417 e. The molecule has 0 aromatic carbocycles. The molecule has 1 N–H and O–H groups in total. The predicted molar refractivity (Wildman–Crippen MR) is 111 cm³/mol. The van der Waals surface area contributed by atoms with Crippen LogP contribution in [0.25, 0.3) is 5.65 Å². The van der Waals surface area contributed by atoms with Gasteiger partial charge in [0.1, 0.15) is 5.82 Å². The Labute approximate surface area is 180 Å². The highest BCUT2D eigenvalue weighted by atomic mass is 19.4. The molecule has 6 nitrogen and oxygen atoms in total. The van der Waals surface area contributed by atoms with Crippen LogP contribution < -0.4 is 5.32 Å². The SMILES string of the molecule is CC(C(=O)NCC1CCCCC1)N1CCCC(c2nnc3ccc(C(F)(F)F)cn23)C1. The second kappa shape index (κ2) is 9.14. The second-order valence-corrected chi connectivity index (χ2v) is 8.96. The van der Waals surface area contributed by atoms with E-state index < -0.39 is 11.7 Å². The minimum atomic E-state index is -4.42. The van der Waals surface area contributed by atoms with E-state index >= 15 is 0 Å². The molecule has 0 bridgehead atoms. The number of piperidine rings is 1. The van der Waals surface area contributed by atoms with Crippen molar-refractivity contribution in [2.75, 3.05) is 19.6 Å². The number of hydrogen-bond donors (Lipinski definition) is 1. The number of carbonyl (C=O) groups is 1. The first-order valence-corrected chi connectivity index (χ1v) is 11.3. The molecule has 4 rings (SSSR count). The molecule has 1 saturated carbocycles. The van der Waals surface area contributed by atoms with Crippen molar-refractivity contribution < 1.29 is 18.0 Å². The molecule has 1 amide bonds. The van der Waals surface area contributed by atoms with Gasteiger partial charge in [-0.25, -0.2) is 0 Å². The Hall–Kier alpha value is -2.16. The van der Waals surface area contributed by atoms with E-state index in [4.69, 9.17) is 0 Å². The molecule has 3 heterocycles. The Morgan fingerprint density at radius 2 is 1.94 bits per heavy atom. The fraction of sp³-hybridized carbons (Fsp3) is 0.682. The Morgan fingerprint density at radius 1 is 1.16 bits per heavy atom. The van der Waals surface area contributed by atoms with Crippen molar-refractivity contribution in [1.82, 2.24) is 24.8 Å². The molecule has 2 fully saturated rings. The maximum atomic E-state index is 13.2. The molecule has 2 aromatic rings. The van der Waals surface area contributed by atoms with Gasteiger partial charge >= 0.3 is 6.18 Å². The third kappa shape index (κ3) is 5.02. The van der Waals surface area contributed by atoms with Crippen molar-refractivity contribution in [3.05, 3.63) is 29.7 Å². The van der Waals surface area contributed by atoms with Crippen LogP contribution in [0, 0.1) is 5.92 Å². The average Bonchev–Trinajstić information content (AvgIpc) is 3.20. The lowest BCUT2D eigenvalue weighted by atomic mass is 9.89. The fourth-order valence-electron chi connectivity index (χ4n) is 4.87. The lowest BCUT2D eigenvalue weighted by Crippen LogP contribution is -2.49. The number of rotatable bonds is 5. The van der Waals surface area contributed by atoms with Gasteiger partial charge in [-0.1, -0.05) is 19.3 Å². The largest absolute Gasteiger partial charge is 0.417 e. The Morgan fingerprint density at radius 3 is 2.68 bits per heavy atom. The minimum absolute atomic E-state index is 0.0247. The van der Waals surface area contributed by atoms with Gasteiger partial charge in [-0.3, -0.25) is 14.1 Å². The summed E-state index contributed by atoms with van der Waals surface area (Å²) in [5, 5.41) is 11.4. The predicted octanol–water partition coefficient (Wildman–Crippen LogP) is 4.01. The number of nitrogens with zero attached hydrogens (tertiary/aromatic N) is 4. The molecule has 1 aliphatic carbocycles. The topological polar surface area (TPSA) is 62.5 Å². The van der Waals surface area contributed by atoms with Crippen molar-refractivity contribution >= 4 is 11.6 Å². The van der Waals surface area contributed by atoms with Crippen LogP contribution in [-0.2, 0) is 11.0 Å². The number of hydrogen-bond acceptors (Lipinski definition) is 4. The monoisotopic (exact) mass is 437 g/mol. The number of aromatic nitrogens is 3. The standard InChI is InChI=1S/C22H30F3N5O/c1-15(21(31)26-12-16-6-3-2-4-7-16)29-11-5-8-17(13-29)20-28-27-19-10-9-18(14-30(19)20)22(23,24)25/h9-10,14-17H,2-8,11-13H2,1H3,(H,26,31). The summed E-state index contributed by atoms with van der Waals surface area (Å²) in [6, 6.07) is 2.09. The molecule has 2 unspecified atom stereocenters. The van der Waals surface area contributed by atoms with E-state index in [1.807, 2.05) is 6.92 Å². The minimum Gasteiger partial charge on any atom is -0.354 e. The van der Waals surface area contributed by atoms with Crippen molar-refractivity contribution in [3.8, 4) is 0 Å². The highest BCUT2D eigenvalue weighted by molar-refractivity contribution is 5.81. The Kier molecular flexibility index (Phi) is 6.50. The molecule has 2 aliphatic rings. The van der Waals surface area contributed by atoms with E-state index in [1.54, 1.807) is 0 Å². The summed E-state index contributed by atoms with van der Waals surface area (Å²) in [5.74, 6) is 1.06. The van der Waals surface area contributed by atoms with Crippen molar-refractivity contribution in [2.45, 2.75) is 70.0 Å². The molecule has 2 aromatic heterocycles. The van der Waals surface area contributed by atoms with Gasteiger partial charge in [0.15, 0.2) is 5.65 Å². The van der Waals surface area contributed by atoms with Gasteiger partial charge in [-0.2, -0.15) is 13.2 Å². The molecule has 0 radical (unpaired) electrons. The van der Waals surface area contributed by atoms with E-state index in [1.165, 1.54) is 42.6 Å². The van der Waals surface area contributed by atoms with Gasteiger partial charge in [-0.05, 0) is 57.2 Å². The number of alkyl halides is 3. The summed E-state index contributed by atoms with van der Waals surface area (Å²) in [5.41, 5.74) is -0.317. The zero-order valence-electron chi connectivity index (χ0n) is 17.9. The quantitative estimate of drug-likeness (QED) is 0.768. The summed E-state index contributed by atoms with van der Waals surface area (Å²) in [4.78, 5) is 14.8. The first-order valence-electron chi connectivity index (χ1n) is 11.3. The molecule has 0 spiro atoms. The molecular formula is C22H30F3N5O. The molecular weight excluding hydrogens is 407 g/mol. The summed E-state index contributed by atoms with van der Waals surface area (Å²) >= 11 is 0. The van der Waals surface area contributed by atoms with Crippen LogP contribution in [-0.4, -0.2) is 51.1 Å². The zero-order chi connectivity index (χ0) is 22.0. The lowest BCUT2D eigenvalue weighted by molar-refractivity contribution is -0.137. The number of carbonyl (C=O) groups excluding carboxylic acids is 1. The number of fused-ring (bicyclic) bond motifs is 1. The van der Waals surface area contributed by atoms with Gasteiger partial charge in [0.2, 0.25) is 5.91 Å². The van der Waals surface area contributed by atoms with E-state index in [0.717, 1.165) is 38.2 Å². The van der Waals surface area contributed by atoms with Crippen LogP contribution in [0.15, 0.2) is 18.3 Å². The first-order chi connectivity index (χ1) is 14.8. The second-order valence-electron chi connectivity index (χ2n) is 8.96. The van der Waals surface area contributed by atoms with Crippen LogP contribution in [0.5, 0.6) is 0 Å². The fourth-order valence-corrected chi connectivity index (χ4v) is 4.87. The van der Waals surface area contributed by atoms with Gasteiger partial charge in [0.05, 0.1) is 11.6 Å². The number of halogens is 3. The van der Waals surface area contributed by atoms with Crippen molar-refractivity contribution in [2.24, 2.45) is 5.92 Å². The van der Waals surface area contributed by atoms with Gasteiger partial charge in [-0.15, -0.1) is 10.2 Å². The molecule has 1 saturated heterocycles. The molecule has 170 valence electrons. The molecule has 1 aliphatic heterocycles. The summed E-state index contributed by atoms with van der Waals surface area (Å²) in [6.45, 7) is 4.01. The number of likely N-dealkylation sites (tertiary alicyclic amines) is 1. The molecule has 31 heavy (non-hydrogen) atoms. The Bertz CT molecular complexity index is 906. The molecule has 2 atom stereocenters. The van der Waals surface area contributed by atoms with E-state index in [-0.39, 0.29) is 17.9 Å². The summed E-state index contributed by atoms with van der Waals surface area (Å²) < 4.78 is 40.9. The lowest BCUT2D eigenvalue weighted by Gasteiger charge is -2.35. The van der Waals surface area contributed by atoms with Crippen LogP contribution in [0.2, 0.25) is 0 Å². The first kappa shape index (κ1) is 22.0. The number of pyridine rings is 1. The highest BCUT2D eigenvalue weighted by Gasteiger charge is 2.33. The third-order valence-corrected chi connectivity index (χ3v) is 6.79. The smallest absolute Gasteiger partial charge is 0.354 e. The third-order valence-electron chi connectivity index (χ3n) is 6.79. The van der Waals surface area contributed by atoms with Crippen molar-refractivity contribution in [3.63, 3.8) is 0 Å².